The van der Waals surface area contributed by atoms with E-state index in [1.807, 2.05) is 6.20 Å². The van der Waals surface area contributed by atoms with E-state index in [1.165, 1.54) is 35.7 Å². The fourth-order valence-electron chi connectivity index (χ4n) is 3.94. The highest BCUT2D eigenvalue weighted by atomic mass is 16.5. The first-order chi connectivity index (χ1) is 10.8. The smallest absolute Gasteiger partial charge is 0.150 e. The van der Waals surface area contributed by atoms with Crippen molar-refractivity contribution in [1.82, 2.24) is 15.1 Å². The molecule has 0 radical (unpaired) electrons. The van der Waals surface area contributed by atoms with Crippen LogP contribution in [0.1, 0.15) is 50.3 Å². The summed E-state index contributed by atoms with van der Waals surface area (Å²) in [5.74, 6) is 1.34. The second-order valence-electron chi connectivity index (χ2n) is 6.81. The number of benzene rings is 1. The summed E-state index contributed by atoms with van der Waals surface area (Å²) in [5.41, 5.74) is 2.69. The van der Waals surface area contributed by atoms with E-state index in [-0.39, 0.29) is 6.23 Å². The van der Waals surface area contributed by atoms with Crippen LogP contribution in [-0.4, -0.2) is 29.5 Å². The van der Waals surface area contributed by atoms with E-state index in [9.17, 15) is 0 Å². The summed E-state index contributed by atoms with van der Waals surface area (Å²) >= 11 is 0. The minimum Gasteiger partial charge on any atom is -0.356 e. The van der Waals surface area contributed by atoms with E-state index in [2.05, 4.69) is 40.2 Å². The minimum absolute atomic E-state index is 0.118. The molecule has 4 rings (SSSR count). The summed E-state index contributed by atoms with van der Waals surface area (Å²) in [5, 5.41) is 9.32. The zero-order valence-corrected chi connectivity index (χ0v) is 13.3. The number of aromatic nitrogens is 2. The largest absolute Gasteiger partial charge is 0.356 e. The first-order valence-electron chi connectivity index (χ1n) is 8.62. The van der Waals surface area contributed by atoms with Gasteiger partial charge in [-0.3, -0.25) is 0 Å². The van der Waals surface area contributed by atoms with Gasteiger partial charge in [0, 0.05) is 12.0 Å². The summed E-state index contributed by atoms with van der Waals surface area (Å²) in [6.07, 6.45) is 6.80. The van der Waals surface area contributed by atoms with Crippen LogP contribution in [0.2, 0.25) is 0 Å². The molecule has 0 bridgehead atoms. The van der Waals surface area contributed by atoms with Crippen molar-refractivity contribution in [2.75, 3.05) is 19.7 Å². The molecule has 0 saturated carbocycles. The van der Waals surface area contributed by atoms with Gasteiger partial charge in [0.25, 0.3) is 0 Å². The Morgan fingerprint density at radius 3 is 3.05 bits per heavy atom. The number of piperidine rings is 1. The Balaban J connectivity index is 1.69. The van der Waals surface area contributed by atoms with Crippen LogP contribution in [0.3, 0.4) is 0 Å². The van der Waals surface area contributed by atoms with E-state index in [4.69, 9.17) is 4.74 Å². The Hall–Kier alpha value is -1.39. The van der Waals surface area contributed by atoms with Gasteiger partial charge in [-0.2, -0.15) is 5.10 Å². The number of ether oxygens (including phenoxy) is 1. The highest BCUT2D eigenvalue weighted by Crippen LogP contribution is 2.33. The Kier molecular flexibility index (Phi) is 3.89. The van der Waals surface area contributed by atoms with Gasteiger partial charge in [-0.25, -0.2) is 4.68 Å². The van der Waals surface area contributed by atoms with Crippen molar-refractivity contribution < 1.29 is 4.74 Å². The lowest BCUT2D eigenvalue weighted by Crippen LogP contribution is -2.33. The number of nitrogens with one attached hydrogen (secondary N) is 1. The van der Waals surface area contributed by atoms with E-state index in [0.29, 0.717) is 11.8 Å². The second-order valence-corrected chi connectivity index (χ2v) is 6.81. The summed E-state index contributed by atoms with van der Waals surface area (Å²) in [7, 11) is 0. The highest BCUT2D eigenvalue weighted by molar-refractivity contribution is 5.79. The average Bonchev–Trinajstić information content (AvgIpc) is 2.99. The summed E-state index contributed by atoms with van der Waals surface area (Å²) < 4.78 is 8.03. The van der Waals surface area contributed by atoms with Gasteiger partial charge >= 0.3 is 0 Å². The third kappa shape index (κ3) is 2.55. The van der Waals surface area contributed by atoms with E-state index < -0.39 is 0 Å². The van der Waals surface area contributed by atoms with Crippen LogP contribution >= 0.6 is 0 Å². The molecule has 0 amide bonds. The Morgan fingerprint density at radius 1 is 1.27 bits per heavy atom. The molecule has 4 nitrogen and oxygen atoms in total. The van der Waals surface area contributed by atoms with Crippen LogP contribution in [0.5, 0.6) is 0 Å². The number of hydrogen-bond donors (Lipinski definition) is 1. The standard InChI is InChI=1S/C18H25N3O/c1-13-11-19-8-7-16(13)14-5-6-15-12-20-21(17(15)10-14)18-4-2-3-9-22-18/h5-6,10,12-13,16,18-19H,2-4,7-9,11H2,1H3/t13-,16?,18?/m1/s1. The second kappa shape index (κ2) is 6.01. The summed E-state index contributed by atoms with van der Waals surface area (Å²) in [4.78, 5) is 0. The Bertz CT molecular complexity index is 645. The van der Waals surface area contributed by atoms with Crippen LogP contribution in [0.25, 0.3) is 10.9 Å². The molecule has 118 valence electrons. The Labute approximate surface area is 131 Å². The van der Waals surface area contributed by atoms with Gasteiger partial charge in [-0.15, -0.1) is 0 Å². The number of rotatable bonds is 2. The SMILES string of the molecule is C[C@@H]1CNCCC1c1ccc2cnn(C3CCCCO3)c2c1. The average molecular weight is 299 g/mol. The zero-order chi connectivity index (χ0) is 14.9. The van der Waals surface area contributed by atoms with E-state index in [0.717, 1.165) is 26.1 Å². The lowest BCUT2D eigenvalue weighted by Gasteiger charge is -2.30. The summed E-state index contributed by atoms with van der Waals surface area (Å²) in [6, 6.07) is 6.88. The van der Waals surface area contributed by atoms with Gasteiger partial charge in [0.2, 0.25) is 0 Å². The molecule has 2 aliphatic rings. The molecule has 2 aliphatic heterocycles. The van der Waals surface area contributed by atoms with Crippen molar-refractivity contribution in [3.63, 3.8) is 0 Å². The molecule has 0 spiro atoms. The summed E-state index contributed by atoms with van der Waals surface area (Å²) in [6.45, 7) is 5.45. The maximum atomic E-state index is 5.93. The number of nitrogens with zero attached hydrogens (tertiary/aromatic N) is 2. The predicted molar refractivity (Wildman–Crippen MR) is 88.0 cm³/mol. The van der Waals surface area contributed by atoms with Gasteiger partial charge in [-0.1, -0.05) is 19.1 Å². The van der Waals surface area contributed by atoms with Crippen LogP contribution in [0.15, 0.2) is 24.4 Å². The first-order valence-corrected chi connectivity index (χ1v) is 8.62. The molecule has 4 heteroatoms. The van der Waals surface area contributed by atoms with E-state index >= 15 is 0 Å². The van der Waals surface area contributed by atoms with E-state index in [1.54, 1.807) is 0 Å². The maximum absolute atomic E-state index is 5.93. The minimum atomic E-state index is 0.118. The molecule has 2 unspecified atom stereocenters. The topological polar surface area (TPSA) is 39.1 Å². The van der Waals surface area contributed by atoms with Crippen molar-refractivity contribution in [2.24, 2.45) is 5.92 Å². The van der Waals surface area contributed by atoms with Crippen LogP contribution in [0, 0.1) is 5.92 Å². The third-order valence-corrected chi connectivity index (χ3v) is 5.26. The van der Waals surface area contributed by atoms with Crippen molar-refractivity contribution in [2.45, 2.75) is 44.8 Å². The monoisotopic (exact) mass is 299 g/mol. The Morgan fingerprint density at radius 2 is 2.23 bits per heavy atom. The molecule has 2 saturated heterocycles. The fraction of sp³-hybridized carbons (Fsp3) is 0.611. The lowest BCUT2D eigenvalue weighted by atomic mass is 9.82. The molecular formula is C18H25N3O. The van der Waals surface area contributed by atoms with Gasteiger partial charge in [0.1, 0.15) is 0 Å². The van der Waals surface area contributed by atoms with Gasteiger partial charge < -0.3 is 10.1 Å². The molecule has 1 N–H and O–H groups in total. The van der Waals surface area contributed by atoms with Crippen molar-refractivity contribution >= 4 is 10.9 Å². The maximum Gasteiger partial charge on any atom is 0.150 e. The van der Waals surface area contributed by atoms with Gasteiger partial charge in [0.05, 0.1) is 11.7 Å². The molecule has 2 aromatic rings. The van der Waals surface area contributed by atoms with Crippen LogP contribution in [-0.2, 0) is 4.74 Å². The molecule has 3 atom stereocenters. The normalized spacial score (nSPS) is 29.8. The number of fused-ring (bicyclic) bond motifs is 1. The molecule has 22 heavy (non-hydrogen) atoms. The molecule has 0 aliphatic carbocycles. The first kappa shape index (κ1) is 14.2. The predicted octanol–water partition coefficient (Wildman–Crippen LogP) is 3.45. The molecular weight excluding hydrogens is 274 g/mol. The molecule has 1 aromatic heterocycles. The molecule has 2 fully saturated rings. The van der Waals surface area contributed by atoms with Crippen molar-refractivity contribution in [3.05, 3.63) is 30.0 Å². The molecule has 1 aromatic carbocycles. The lowest BCUT2D eigenvalue weighted by molar-refractivity contribution is -0.0366. The zero-order valence-electron chi connectivity index (χ0n) is 13.3. The van der Waals surface area contributed by atoms with Gasteiger partial charge in [0.15, 0.2) is 6.23 Å². The van der Waals surface area contributed by atoms with Crippen molar-refractivity contribution in [1.29, 1.82) is 0 Å². The molecule has 3 heterocycles. The quantitative estimate of drug-likeness (QED) is 0.923. The van der Waals surface area contributed by atoms with Crippen LogP contribution < -0.4 is 5.32 Å². The highest BCUT2D eigenvalue weighted by Gasteiger charge is 2.24. The third-order valence-electron chi connectivity index (χ3n) is 5.26. The van der Waals surface area contributed by atoms with Gasteiger partial charge in [-0.05, 0) is 62.2 Å². The van der Waals surface area contributed by atoms with Crippen LogP contribution in [0.4, 0.5) is 0 Å². The number of hydrogen-bond acceptors (Lipinski definition) is 3. The fourth-order valence-corrected chi connectivity index (χ4v) is 3.94. The van der Waals surface area contributed by atoms with Crippen molar-refractivity contribution in [3.8, 4) is 0 Å².